The van der Waals surface area contributed by atoms with Crippen LogP contribution in [-0.4, -0.2) is 24.2 Å². The lowest BCUT2D eigenvalue weighted by Gasteiger charge is -2.05. The van der Waals surface area contributed by atoms with Gasteiger partial charge in [-0.3, -0.25) is 14.9 Å². The number of ether oxygens (including phenoxy) is 1. The van der Waals surface area contributed by atoms with Crippen molar-refractivity contribution in [3.8, 4) is 5.75 Å². The van der Waals surface area contributed by atoms with E-state index in [0.717, 1.165) is 3.57 Å². The van der Waals surface area contributed by atoms with Crippen molar-refractivity contribution in [2.45, 2.75) is 0 Å². The highest BCUT2D eigenvalue weighted by atomic mass is 127. The highest BCUT2D eigenvalue weighted by Crippen LogP contribution is 2.21. The van der Waals surface area contributed by atoms with Crippen LogP contribution in [0, 0.1) is 13.7 Å². The monoisotopic (exact) mass is 425 g/mol. The fourth-order valence-corrected chi connectivity index (χ4v) is 2.49. The minimum Gasteiger partial charge on any atom is -0.496 e. The average Bonchev–Trinajstić information content (AvgIpc) is 2.55. The Kier molecular flexibility index (Phi) is 5.63. The second kappa shape index (κ2) is 7.68. The number of halogens is 1. The Morgan fingerprint density at radius 3 is 2.78 bits per heavy atom. The zero-order valence-electron chi connectivity index (χ0n) is 12.0. The number of methoxy groups -OCH3 is 1. The molecule has 118 valence electrons. The van der Waals surface area contributed by atoms with Crippen LogP contribution < -0.4 is 10.2 Å². The van der Waals surface area contributed by atoms with E-state index < -0.39 is 4.92 Å². The van der Waals surface area contributed by atoms with E-state index in [1.807, 2.05) is 0 Å². The summed E-state index contributed by atoms with van der Waals surface area (Å²) in [6.45, 7) is 0. The summed E-state index contributed by atoms with van der Waals surface area (Å²) in [5, 5.41) is 14.5. The Balaban J connectivity index is 2.05. The highest BCUT2D eigenvalue weighted by molar-refractivity contribution is 14.1. The molecule has 0 bridgehead atoms. The van der Waals surface area contributed by atoms with E-state index in [4.69, 9.17) is 4.74 Å². The first-order valence-corrected chi connectivity index (χ1v) is 7.50. The van der Waals surface area contributed by atoms with E-state index in [1.165, 1.54) is 18.3 Å². The minimum absolute atomic E-state index is 0.0371. The van der Waals surface area contributed by atoms with Gasteiger partial charge in [0.25, 0.3) is 11.6 Å². The number of nitrogens with zero attached hydrogens (tertiary/aromatic N) is 2. The standard InChI is InChI=1S/C15H12IN3O4/c1-23-14-6-5-11(8-13(14)16)15(20)18-17-9-10-3-2-4-12(7-10)19(21)22/h2-9H,1H3,(H,18,20)/b17-9-. The molecular weight excluding hydrogens is 413 g/mol. The molecule has 0 saturated carbocycles. The van der Waals surface area contributed by atoms with Crippen LogP contribution in [0.25, 0.3) is 0 Å². The number of hydrogen-bond donors (Lipinski definition) is 1. The largest absolute Gasteiger partial charge is 0.496 e. The summed E-state index contributed by atoms with van der Waals surface area (Å²) in [5.41, 5.74) is 3.29. The molecule has 7 nitrogen and oxygen atoms in total. The first-order valence-electron chi connectivity index (χ1n) is 6.42. The van der Waals surface area contributed by atoms with E-state index in [0.29, 0.717) is 16.9 Å². The highest BCUT2D eigenvalue weighted by Gasteiger charge is 2.08. The van der Waals surface area contributed by atoms with Crippen molar-refractivity contribution in [2.24, 2.45) is 5.10 Å². The number of non-ortho nitro benzene ring substituents is 1. The first kappa shape index (κ1) is 16.9. The summed E-state index contributed by atoms with van der Waals surface area (Å²) in [6.07, 6.45) is 1.35. The molecule has 0 aliphatic heterocycles. The van der Waals surface area contributed by atoms with E-state index in [-0.39, 0.29) is 11.6 Å². The number of nitrogens with one attached hydrogen (secondary N) is 1. The molecule has 2 aromatic carbocycles. The molecule has 0 aliphatic carbocycles. The molecule has 2 rings (SSSR count). The van der Waals surface area contributed by atoms with Gasteiger partial charge in [0, 0.05) is 23.3 Å². The number of hydrogen-bond acceptors (Lipinski definition) is 5. The van der Waals surface area contributed by atoms with Gasteiger partial charge in [-0.2, -0.15) is 5.10 Å². The van der Waals surface area contributed by atoms with Crippen LogP contribution >= 0.6 is 22.6 Å². The van der Waals surface area contributed by atoms with Crippen molar-refractivity contribution in [1.82, 2.24) is 5.43 Å². The lowest BCUT2D eigenvalue weighted by atomic mass is 10.2. The van der Waals surface area contributed by atoms with Gasteiger partial charge in [-0.25, -0.2) is 5.43 Å². The smallest absolute Gasteiger partial charge is 0.271 e. The summed E-state index contributed by atoms with van der Waals surface area (Å²) >= 11 is 2.07. The Morgan fingerprint density at radius 1 is 1.35 bits per heavy atom. The molecular formula is C15H12IN3O4. The maximum atomic E-state index is 12.0. The van der Waals surface area contributed by atoms with Crippen LogP contribution in [0.3, 0.4) is 0 Å². The number of nitro benzene ring substituents is 1. The lowest BCUT2D eigenvalue weighted by Crippen LogP contribution is -2.17. The summed E-state index contributed by atoms with van der Waals surface area (Å²) in [7, 11) is 1.56. The van der Waals surface area contributed by atoms with Crippen LogP contribution in [0.1, 0.15) is 15.9 Å². The molecule has 0 radical (unpaired) electrons. The number of benzene rings is 2. The molecule has 0 saturated heterocycles. The van der Waals surface area contributed by atoms with Gasteiger partial charge in [-0.1, -0.05) is 12.1 Å². The Morgan fingerprint density at radius 2 is 2.13 bits per heavy atom. The molecule has 8 heteroatoms. The number of rotatable bonds is 5. The Labute approximate surface area is 145 Å². The molecule has 2 aromatic rings. The van der Waals surface area contributed by atoms with Crippen LogP contribution in [-0.2, 0) is 0 Å². The molecule has 0 atom stereocenters. The van der Waals surface area contributed by atoms with Gasteiger partial charge in [0.05, 0.1) is 21.8 Å². The number of carbonyl (C=O) groups is 1. The summed E-state index contributed by atoms with van der Waals surface area (Å²) in [5.74, 6) is 0.300. The Bertz CT molecular complexity index is 777. The Hall–Kier alpha value is -2.49. The zero-order chi connectivity index (χ0) is 16.8. The SMILES string of the molecule is COc1ccc(C(=O)N/N=C\c2cccc([N+](=O)[O-])c2)cc1I. The predicted octanol–water partition coefficient (Wildman–Crippen LogP) is 2.97. The second-order valence-corrected chi connectivity index (χ2v) is 5.56. The van der Waals surface area contributed by atoms with Crippen molar-refractivity contribution in [3.05, 3.63) is 67.3 Å². The fraction of sp³-hybridized carbons (Fsp3) is 0.0667. The molecule has 0 spiro atoms. The van der Waals surface area contributed by atoms with E-state index in [9.17, 15) is 14.9 Å². The van der Waals surface area contributed by atoms with Gasteiger partial charge in [0.1, 0.15) is 5.75 Å². The molecule has 1 N–H and O–H groups in total. The van der Waals surface area contributed by atoms with Gasteiger partial charge >= 0.3 is 0 Å². The number of nitro groups is 1. The predicted molar refractivity (Wildman–Crippen MR) is 93.9 cm³/mol. The van der Waals surface area contributed by atoms with Crippen LogP contribution in [0.2, 0.25) is 0 Å². The molecule has 0 heterocycles. The third-order valence-corrected chi connectivity index (χ3v) is 3.72. The molecule has 1 amide bonds. The van der Waals surface area contributed by atoms with Gasteiger partial charge < -0.3 is 4.74 Å². The van der Waals surface area contributed by atoms with Crippen molar-refractivity contribution in [3.63, 3.8) is 0 Å². The third kappa shape index (κ3) is 4.49. The molecule has 0 aliphatic rings. The maximum absolute atomic E-state index is 12.0. The number of hydrazone groups is 1. The quantitative estimate of drug-likeness (QED) is 0.345. The second-order valence-electron chi connectivity index (χ2n) is 4.40. The average molecular weight is 425 g/mol. The number of amides is 1. The molecule has 0 fully saturated rings. The van der Waals surface area contributed by atoms with Gasteiger partial charge in [0.2, 0.25) is 0 Å². The van der Waals surface area contributed by atoms with Crippen LogP contribution in [0.15, 0.2) is 47.6 Å². The number of carbonyl (C=O) groups excluding carboxylic acids is 1. The van der Waals surface area contributed by atoms with Crippen molar-refractivity contribution in [1.29, 1.82) is 0 Å². The summed E-state index contributed by atoms with van der Waals surface area (Å²) < 4.78 is 5.93. The summed E-state index contributed by atoms with van der Waals surface area (Å²) in [4.78, 5) is 22.2. The molecule has 0 unspecified atom stereocenters. The van der Waals surface area contributed by atoms with Gasteiger partial charge in [-0.15, -0.1) is 0 Å². The van der Waals surface area contributed by atoms with E-state index >= 15 is 0 Å². The van der Waals surface area contributed by atoms with Crippen molar-refractivity contribution >= 4 is 40.4 Å². The van der Waals surface area contributed by atoms with Crippen molar-refractivity contribution in [2.75, 3.05) is 7.11 Å². The van der Waals surface area contributed by atoms with Crippen molar-refractivity contribution < 1.29 is 14.5 Å². The molecule has 23 heavy (non-hydrogen) atoms. The third-order valence-electron chi connectivity index (χ3n) is 2.87. The van der Waals surface area contributed by atoms with Gasteiger partial charge in [-0.05, 0) is 40.8 Å². The van der Waals surface area contributed by atoms with Crippen LogP contribution in [0.5, 0.6) is 5.75 Å². The first-order chi connectivity index (χ1) is 11.0. The molecule has 0 aromatic heterocycles. The lowest BCUT2D eigenvalue weighted by molar-refractivity contribution is -0.384. The zero-order valence-corrected chi connectivity index (χ0v) is 14.2. The normalized spacial score (nSPS) is 10.5. The minimum atomic E-state index is -0.491. The summed E-state index contributed by atoms with van der Waals surface area (Å²) in [6, 6.07) is 10.9. The van der Waals surface area contributed by atoms with E-state index in [2.05, 4.69) is 33.1 Å². The topological polar surface area (TPSA) is 93.8 Å². The fourth-order valence-electron chi connectivity index (χ4n) is 1.76. The van der Waals surface area contributed by atoms with Crippen LogP contribution in [0.4, 0.5) is 5.69 Å². The van der Waals surface area contributed by atoms with E-state index in [1.54, 1.807) is 37.4 Å². The maximum Gasteiger partial charge on any atom is 0.271 e. The van der Waals surface area contributed by atoms with Gasteiger partial charge in [0.15, 0.2) is 0 Å².